The summed E-state index contributed by atoms with van der Waals surface area (Å²) in [6, 6.07) is 9.70. The Bertz CT molecular complexity index is 832. The number of carboxylic acid groups (broad SMARTS) is 1. The zero-order valence-corrected chi connectivity index (χ0v) is 15.1. The van der Waals surface area contributed by atoms with Gasteiger partial charge in [0, 0.05) is 5.39 Å². The lowest BCUT2D eigenvalue weighted by molar-refractivity contribution is -0.155. The second kappa shape index (κ2) is 7.99. The molecule has 0 spiro atoms. The molecule has 26 heavy (non-hydrogen) atoms. The van der Waals surface area contributed by atoms with E-state index in [9.17, 15) is 19.5 Å². The van der Waals surface area contributed by atoms with Gasteiger partial charge in [-0.2, -0.15) is 0 Å². The molecule has 0 fully saturated rings. The third-order valence-corrected chi connectivity index (χ3v) is 4.34. The maximum Gasteiger partial charge on any atom is 0.338 e. The predicted molar refractivity (Wildman–Crippen MR) is 96.2 cm³/mol. The van der Waals surface area contributed by atoms with Crippen LogP contribution in [-0.4, -0.2) is 36.2 Å². The number of aromatic carboxylic acids is 1. The second-order valence-electron chi connectivity index (χ2n) is 6.52. The Hall–Kier alpha value is -2.89. The summed E-state index contributed by atoms with van der Waals surface area (Å²) in [7, 11) is 0. The number of carboxylic acids is 1. The molecule has 138 valence electrons. The number of rotatable bonds is 7. The second-order valence-corrected chi connectivity index (χ2v) is 6.52. The van der Waals surface area contributed by atoms with Gasteiger partial charge in [-0.25, -0.2) is 9.59 Å². The van der Waals surface area contributed by atoms with E-state index in [1.54, 1.807) is 38.1 Å². The summed E-state index contributed by atoms with van der Waals surface area (Å²) in [5.74, 6) is -2.13. The molecule has 0 saturated heterocycles. The smallest absolute Gasteiger partial charge is 0.338 e. The molecule has 2 rings (SSSR count). The Morgan fingerprint density at radius 2 is 1.54 bits per heavy atom. The topological polar surface area (TPSA) is 89.9 Å². The average molecular weight is 358 g/mol. The molecule has 0 aliphatic carbocycles. The zero-order valence-electron chi connectivity index (χ0n) is 15.1. The highest BCUT2D eigenvalue weighted by Crippen LogP contribution is 2.24. The molecule has 0 radical (unpaired) electrons. The highest BCUT2D eigenvalue weighted by molar-refractivity contribution is 6.12. The fourth-order valence-electron chi connectivity index (χ4n) is 2.38. The normalized spacial score (nSPS) is 11.2. The van der Waals surface area contributed by atoms with Gasteiger partial charge in [0.15, 0.2) is 0 Å². The number of esters is 2. The minimum Gasteiger partial charge on any atom is -0.478 e. The SMILES string of the molecule is CCC(C)(C)C(=O)OCCOC(=O)c1cccc2cccc(C(=O)O)c12. The molecule has 0 aliphatic rings. The van der Waals surface area contributed by atoms with Gasteiger partial charge in [-0.1, -0.05) is 31.2 Å². The summed E-state index contributed by atoms with van der Waals surface area (Å²) in [4.78, 5) is 35.7. The summed E-state index contributed by atoms with van der Waals surface area (Å²) in [5, 5.41) is 10.3. The van der Waals surface area contributed by atoms with Crippen molar-refractivity contribution in [1.29, 1.82) is 0 Å². The van der Waals surface area contributed by atoms with Crippen molar-refractivity contribution in [3.05, 3.63) is 47.5 Å². The van der Waals surface area contributed by atoms with E-state index in [0.29, 0.717) is 17.2 Å². The van der Waals surface area contributed by atoms with Gasteiger partial charge >= 0.3 is 17.9 Å². The molecule has 0 aliphatic heterocycles. The van der Waals surface area contributed by atoms with Crippen molar-refractivity contribution in [2.75, 3.05) is 13.2 Å². The molecule has 0 aromatic heterocycles. The molecule has 2 aromatic carbocycles. The van der Waals surface area contributed by atoms with Crippen LogP contribution in [-0.2, 0) is 14.3 Å². The van der Waals surface area contributed by atoms with E-state index in [0.717, 1.165) is 0 Å². The Morgan fingerprint density at radius 1 is 0.962 bits per heavy atom. The van der Waals surface area contributed by atoms with E-state index >= 15 is 0 Å². The first-order valence-electron chi connectivity index (χ1n) is 8.37. The number of carbonyl (C=O) groups excluding carboxylic acids is 2. The van der Waals surface area contributed by atoms with Gasteiger partial charge in [0.1, 0.15) is 13.2 Å². The summed E-state index contributed by atoms with van der Waals surface area (Å²) in [6.45, 7) is 5.30. The first-order valence-corrected chi connectivity index (χ1v) is 8.37. The summed E-state index contributed by atoms with van der Waals surface area (Å²) >= 11 is 0. The van der Waals surface area contributed by atoms with Crippen LogP contribution < -0.4 is 0 Å². The van der Waals surface area contributed by atoms with Crippen LogP contribution in [0.3, 0.4) is 0 Å². The summed E-state index contributed by atoms with van der Waals surface area (Å²) < 4.78 is 10.3. The van der Waals surface area contributed by atoms with E-state index in [2.05, 4.69) is 0 Å². The Labute approximate surface area is 151 Å². The number of hydrogen-bond acceptors (Lipinski definition) is 5. The van der Waals surface area contributed by atoms with Crippen molar-refractivity contribution in [3.8, 4) is 0 Å². The van der Waals surface area contributed by atoms with E-state index in [4.69, 9.17) is 9.47 Å². The van der Waals surface area contributed by atoms with Crippen LogP contribution in [0, 0.1) is 5.41 Å². The van der Waals surface area contributed by atoms with Gasteiger partial charge in [0.25, 0.3) is 0 Å². The minimum atomic E-state index is -1.12. The van der Waals surface area contributed by atoms with E-state index in [1.165, 1.54) is 12.1 Å². The van der Waals surface area contributed by atoms with Crippen LogP contribution in [0.15, 0.2) is 36.4 Å². The van der Waals surface area contributed by atoms with E-state index in [1.807, 2.05) is 6.92 Å². The van der Waals surface area contributed by atoms with Crippen molar-refractivity contribution in [2.45, 2.75) is 27.2 Å². The molecule has 2 aromatic rings. The lowest BCUT2D eigenvalue weighted by Crippen LogP contribution is -2.27. The fourth-order valence-corrected chi connectivity index (χ4v) is 2.38. The van der Waals surface area contributed by atoms with Crippen LogP contribution >= 0.6 is 0 Å². The highest BCUT2D eigenvalue weighted by Gasteiger charge is 2.27. The van der Waals surface area contributed by atoms with Gasteiger partial charge in [-0.15, -0.1) is 0 Å². The quantitative estimate of drug-likeness (QED) is 0.600. The Morgan fingerprint density at radius 3 is 2.12 bits per heavy atom. The molecular formula is C20H22O6. The molecular weight excluding hydrogens is 336 g/mol. The molecule has 6 nitrogen and oxygen atoms in total. The van der Waals surface area contributed by atoms with E-state index < -0.39 is 17.4 Å². The van der Waals surface area contributed by atoms with Crippen molar-refractivity contribution < 1.29 is 29.0 Å². The van der Waals surface area contributed by atoms with Crippen molar-refractivity contribution in [3.63, 3.8) is 0 Å². The summed E-state index contributed by atoms with van der Waals surface area (Å²) in [5.41, 5.74) is -0.386. The molecule has 0 bridgehead atoms. The van der Waals surface area contributed by atoms with Crippen LogP contribution in [0.5, 0.6) is 0 Å². The average Bonchev–Trinajstić information content (AvgIpc) is 2.63. The zero-order chi connectivity index (χ0) is 19.3. The van der Waals surface area contributed by atoms with Gasteiger partial charge in [-0.05, 0) is 37.8 Å². The molecule has 0 saturated carbocycles. The number of benzene rings is 2. The number of hydrogen-bond donors (Lipinski definition) is 1. The van der Waals surface area contributed by atoms with E-state index in [-0.39, 0.29) is 30.3 Å². The van der Waals surface area contributed by atoms with Crippen LogP contribution in [0.4, 0.5) is 0 Å². The van der Waals surface area contributed by atoms with Gasteiger partial charge < -0.3 is 14.6 Å². The molecule has 0 atom stereocenters. The fraction of sp³-hybridized carbons (Fsp3) is 0.350. The minimum absolute atomic E-state index is 0.0335. The van der Waals surface area contributed by atoms with Crippen molar-refractivity contribution >= 4 is 28.7 Å². The lowest BCUT2D eigenvalue weighted by atomic mass is 9.91. The predicted octanol–water partition coefficient (Wildman–Crippen LogP) is 3.67. The largest absolute Gasteiger partial charge is 0.478 e. The van der Waals surface area contributed by atoms with Crippen LogP contribution in [0.1, 0.15) is 47.9 Å². The maximum absolute atomic E-state index is 12.4. The summed E-state index contributed by atoms with van der Waals surface area (Å²) in [6.07, 6.45) is 0.638. The van der Waals surface area contributed by atoms with Crippen molar-refractivity contribution in [2.24, 2.45) is 5.41 Å². The molecule has 0 amide bonds. The molecule has 0 heterocycles. The van der Waals surface area contributed by atoms with Gasteiger partial charge in [-0.3, -0.25) is 4.79 Å². The molecule has 1 N–H and O–H groups in total. The number of carbonyl (C=O) groups is 3. The Balaban J connectivity index is 2.09. The van der Waals surface area contributed by atoms with Gasteiger partial charge in [0.2, 0.25) is 0 Å². The highest BCUT2D eigenvalue weighted by atomic mass is 16.6. The van der Waals surface area contributed by atoms with Crippen LogP contribution in [0.25, 0.3) is 10.8 Å². The van der Waals surface area contributed by atoms with Gasteiger partial charge in [0.05, 0.1) is 16.5 Å². The third kappa shape index (κ3) is 4.20. The lowest BCUT2D eigenvalue weighted by Gasteiger charge is -2.20. The number of ether oxygens (including phenoxy) is 2. The maximum atomic E-state index is 12.4. The Kier molecular flexibility index (Phi) is 5.97. The van der Waals surface area contributed by atoms with Crippen LogP contribution in [0.2, 0.25) is 0 Å². The molecule has 0 unspecified atom stereocenters. The standard InChI is InChI=1S/C20H22O6/c1-4-20(2,3)19(24)26-12-11-25-18(23)15-10-6-8-13-7-5-9-14(16(13)15)17(21)22/h5-10H,4,11-12H2,1-3H3,(H,21,22). The third-order valence-electron chi connectivity index (χ3n) is 4.34. The molecule has 6 heteroatoms. The first-order chi connectivity index (χ1) is 12.3. The monoisotopic (exact) mass is 358 g/mol. The van der Waals surface area contributed by atoms with Crippen molar-refractivity contribution in [1.82, 2.24) is 0 Å². The first kappa shape index (κ1) is 19.4. The number of fused-ring (bicyclic) bond motifs is 1.